The molecule has 3 rings (SSSR count). The molecule has 1 aliphatic carbocycles. The van der Waals surface area contributed by atoms with Crippen LogP contribution in [0.2, 0.25) is 0 Å². The quantitative estimate of drug-likeness (QED) is 0.862. The molecule has 78 valence electrons. The number of hydrogen-bond donors (Lipinski definition) is 1. The standard InChI is InChI=1S/C12H11IO2/c13-10-4-7(6-14)3-9-5-11(8-1-2-8)15-12(9)10/h3-5,8,14H,1-2,6H2. The van der Waals surface area contributed by atoms with Crippen LogP contribution < -0.4 is 0 Å². The minimum atomic E-state index is 0.0931. The summed E-state index contributed by atoms with van der Waals surface area (Å²) >= 11 is 2.26. The van der Waals surface area contributed by atoms with Gasteiger partial charge in [0.15, 0.2) is 0 Å². The Bertz CT molecular complexity index is 512. The van der Waals surface area contributed by atoms with Crippen LogP contribution in [0.5, 0.6) is 0 Å². The summed E-state index contributed by atoms with van der Waals surface area (Å²) < 4.78 is 6.92. The topological polar surface area (TPSA) is 33.4 Å². The van der Waals surface area contributed by atoms with Gasteiger partial charge in [-0.25, -0.2) is 0 Å². The molecule has 0 atom stereocenters. The lowest BCUT2D eigenvalue weighted by molar-refractivity contribution is 0.282. The van der Waals surface area contributed by atoms with Gasteiger partial charge in [-0.1, -0.05) is 0 Å². The van der Waals surface area contributed by atoms with Crippen molar-refractivity contribution in [1.82, 2.24) is 0 Å². The second-order valence-corrected chi connectivity index (χ2v) is 5.24. The Morgan fingerprint density at radius 3 is 2.80 bits per heavy atom. The lowest BCUT2D eigenvalue weighted by Gasteiger charge is -1.97. The Morgan fingerprint density at radius 2 is 2.13 bits per heavy atom. The third kappa shape index (κ3) is 1.67. The molecule has 0 radical (unpaired) electrons. The number of aliphatic hydroxyl groups is 1. The SMILES string of the molecule is OCc1cc(I)c2oc(C3CC3)cc2c1. The van der Waals surface area contributed by atoms with E-state index in [0.717, 1.165) is 25.9 Å². The Hall–Kier alpha value is -0.550. The molecular weight excluding hydrogens is 303 g/mol. The molecule has 0 aliphatic heterocycles. The van der Waals surface area contributed by atoms with Crippen LogP contribution in [0, 0.1) is 3.57 Å². The fourth-order valence-corrected chi connectivity index (χ4v) is 2.67. The minimum absolute atomic E-state index is 0.0931. The molecule has 0 bridgehead atoms. The van der Waals surface area contributed by atoms with Crippen LogP contribution in [0.3, 0.4) is 0 Å². The van der Waals surface area contributed by atoms with Crippen molar-refractivity contribution in [1.29, 1.82) is 0 Å². The summed E-state index contributed by atoms with van der Waals surface area (Å²) in [5, 5.41) is 10.2. The summed E-state index contributed by atoms with van der Waals surface area (Å²) in [6.45, 7) is 0.0931. The van der Waals surface area contributed by atoms with Gasteiger partial charge in [-0.3, -0.25) is 0 Å². The van der Waals surface area contributed by atoms with E-state index in [9.17, 15) is 0 Å². The van der Waals surface area contributed by atoms with E-state index in [2.05, 4.69) is 28.7 Å². The highest BCUT2D eigenvalue weighted by Crippen LogP contribution is 2.42. The molecule has 3 heteroatoms. The maximum atomic E-state index is 9.12. The fourth-order valence-electron chi connectivity index (χ4n) is 1.85. The molecule has 0 spiro atoms. The van der Waals surface area contributed by atoms with Crippen LogP contribution in [0.25, 0.3) is 11.0 Å². The lowest BCUT2D eigenvalue weighted by atomic mass is 10.1. The van der Waals surface area contributed by atoms with E-state index in [1.807, 2.05) is 12.1 Å². The highest BCUT2D eigenvalue weighted by Gasteiger charge is 2.27. The van der Waals surface area contributed by atoms with Gasteiger partial charge in [0.05, 0.1) is 10.2 Å². The predicted octanol–water partition coefficient (Wildman–Crippen LogP) is 3.41. The average molecular weight is 314 g/mol. The average Bonchev–Trinajstić information content (AvgIpc) is 2.98. The molecular formula is C12H11IO2. The fraction of sp³-hybridized carbons (Fsp3) is 0.333. The maximum absolute atomic E-state index is 9.12. The number of benzene rings is 1. The van der Waals surface area contributed by atoms with Crippen LogP contribution in [-0.2, 0) is 6.61 Å². The molecule has 1 saturated carbocycles. The summed E-state index contributed by atoms with van der Waals surface area (Å²) in [4.78, 5) is 0. The largest absolute Gasteiger partial charge is 0.460 e. The summed E-state index contributed by atoms with van der Waals surface area (Å²) in [5.41, 5.74) is 1.92. The van der Waals surface area contributed by atoms with Crippen molar-refractivity contribution in [2.75, 3.05) is 0 Å². The van der Waals surface area contributed by atoms with Gasteiger partial charge in [-0.15, -0.1) is 0 Å². The number of rotatable bonds is 2. The van der Waals surface area contributed by atoms with Crippen LogP contribution >= 0.6 is 22.6 Å². The molecule has 1 aromatic carbocycles. The van der Waals surface area contributed by atoms with Crippen molar-refractivity contribution in [3.05, 3.63) is 33.1 Å². The molecule has 1 heterocycles. The van der Waals surface area contributed by atoms with Crippen molar-refractivity contribution in [3.8, 4) is 0 Å². The van der Waals surface area contributed by atoms with Gasteiger partial charge in [-0.05, 0) is 59.2 Å². The second-order valence-electron chi connectivity index (χ2n) is 4.08. The molecule has 1 N–H and O–H groups in total. The molecule has 15 heavy (non-hydrogen) atoms. The minimum Gasteiger partial charge on any atom is -0.460 e. The molecule has 1 aromatic heterocycles. The number of fused-ring (bicyclic) bond motifs is 1. The third-order valence-corrected chi connectivity index (χ3v) is 3.61. The van der Waals surface area contributed by atoms with E-state index >= 15 is 0 Å². The number of furan rings is 1. The van der Waals surface area contributed by atoms with Crippen molar-refractivity contribution in [3.63, 3.8) is 0 Å². The first-order valence-corrected chi connectivity index (χ1v) is 6.18. The molecule has 0 saturated heterocycles. The predicted molar refractivity (Wildman–Crippen MR) is 66.8 cm³/mol. The number of aliphatic hydroxyl groups excluding tert-OH is 1. The number of hydrogen-bond acceptors (Lipinski definition) is 2. The van der Waals surface area contributed by atoms with E-state index < -0.39 is 0 Å². The van der Waals surface area contributed by atoms with Crippen LogP contribution in [-0.4, -0.2) is 5.11 Å². The first-order valence-electron chi connectivity index (χ1n) is 5.10. The van der Waals surface area contributed by atoms with E-state index in [-0.39, 0.29) is 6.61 Å². The Kier molecular flexibility index (Phi) is 2.25. The van der Waals surface area contributed by atoms with E-state index in [0.29, 0.717) is 5.92 Å². The zero-order valence-electron chi connectivity index (χ0n) is 8.16. The molecule has 1 fully saturated rings. The Balaban J connectivity index is 2.19. The highest BCUT2D eigenvalue weighted by atomic mass is 127. The Labute approximate surface area is 101 Å². The van der Waals surface area contributed by atoms with Gasteiger partial charge >= 0.3 is 0 Å². The van der Waals surface area contributed by atoms with Crippen molar-refractivity contribution in [2.24, 2.45) is 0 Å². The molecule has 2 aromatic rings. The smallest absolute Gasteiger partial charge is 0.147 e. The molecule has 0 amide bonds. The number of halogens is 1. The zero-order valence-corrected chi connectivity index (χ0v) is 10.3. The van der Waals surface area contributed by atoms with Gasteiger partial charge in [0.25, 0.3) is 0 Å². The molecule has 2 nitrogen and oxygen atoms in total. The van der Waals surface area contributed by atoms with Gasteiger partial charge in [0, 0.05) is 11.3 Å². The summed E-state index contributed by atoms with van der Waals surface area (Å²) in [6.07, 6.45) is 2.51. The van der Waals surface area contributed by atoms with Gasteiger partial charge in [0.1, 0.15) is 11.3 Å². The van der Waals surface area contributed by atoms with Crippen molar-refractivity contribution < 1.29 is 9.52 Å². The van der Waals surface area contributed by atoms with Gasteiger partial charge < -0.3 is 9.52 Å². The van der Waals surface area contributed by atoms with Gasteiger partial charge in [-0.2, -0.15) is 0 Å². The second kappa shape index (κ2) is 3.49. The lowest BCUT2D eigenvalue weighted by Crippen LogP contribution is -1.83. The van der Waals surface area contributed by atoms with E-state index in [1.165, 1.54) is 12.8 Å². The van der Waals surface area contributed by atoms with Gasteiger partial charge in [0.2, 0.25) is 0 Å². The molecule has 0 unspecified atom stereocenters. The summed E-state index contributed by atoms with van der Waals surface area (Å²) in [7, 11) is 0. The maximum Gasteiger partial charge on any atom is 0.147 e. The van der Waals surface area contributed by atoms with Crippen molar-refractivity contribution >= 4 is 33.6 Å². The van der Waals surface area contributed by atoms with Crippen LogP contribution in [0.1, 0.15) is 30.1 Å². The molecule has 1 aliphatic rings. The normalized spacial score (nSPS) is 16.1. The highest BCUT2D eigenvalue weighted by molar-refractivity contribution is 14.1. The van der Waals surface area contributed by atoms with Crippen LogP contribution in [0.15, 0.2) is 22.6 Å². The van der Waals surface area contributed by atoms with Crippen molar-refractivity contribution in [2.45, 2.75) is 25.4 Å². The summed E-state index contributed by atoms with van der Waals surface area (Å²) in [6, 6.07) is 6.10. The van der Waals surface area contributed by atoms with E-state index in [4.69, 9.17) is 9.52 Å². The third-order valence-electron chi connectivity index (χ3n) is 2.81. The Morgan fingerprint density at radius 1 is 1.33 bits per heavy atom. The van der Waals surface area contributed by atoms with Crippen LogP contribution in [0.4, 0.5) is 0 Å². The zero-order chi connectivity index (χ0) is 10.4. The van der Waals surface area contributed by atoms with E-state index in [1.54, 1.807) is 0 Å². The summed E-state index contributed by atoms with van der Waals surface area (Å²) in [5.74, 6) is 1.75. The first kappa shape index (κ1) is 9.66. The first-order chi connectivity index (χ1) is 7.28. The monoisotopic (exact) mass is 314 g/mol.